The Hall–Kier alpha value is -2.56. The lowest BCUT2D eigenvalue weighted by Gasteiger charge is -2.24. The molecule has 0 spiro atoms. The first-order chi connectivity index (χ1) is 14.1. The van der Waals surface area contributed by atoms with Crippen molar-refractivity contribution in [3.8, 4) is 0 Å². The quantitative estimate of drug-likeness (QED) is 0.544. The van der Waals surface area contributed by atoms with Crippen LogP contribution in [0.1, 0.15) is 30.4 Å². The molecule has 0 radical (unpaired) electrons. The number of hydrogen-bond acceptors (Lipinski definition) is 7. The Bertz CT molecular complexity index is 1090. The maximum atomic E-state index is 15.7. The number of H-pyrrole nitrogens is 1. The van der Waals surface area contributed by atoms with Gasteiger partial charge in [0.25, 0.3) is 11.4 Å². The number of halogens is 2. The number of rotatable bonds is 5. The molecule has 2 heterocycles. The van der Waals surface area contributed by atoms with Crippen LogP contribution in [-0.4, -0.2) is 40.1 Å². The Morgan fingerprint density at radius 3 is 2.77 bits per heavy atom. The van der Waals surface area contributed by atoms with Crippen molar-refractivity contribution in [2.75, 3.05) is 6.61 Å². The van der Waals surface area contributed by atoms with E-state index in [0.29, 0.717) is 5.02 Å². The number of alkyl halides is 1. The molecular weight excluding hydrogens is 439 g/mol. The minimum absolute atomic E-state index is 0.0444. The van der Waals surface area contributed by atoms with Gasteiger partial charge in [0.1, 0.15) is 0 Å². The van der Waals surface area contributed by atoms with Crippen molar-refractivity contribution >= 4 is 35.8 Å². The van der Waals surface area contributed by atoms with E-state index in [1.54, 1.807) is 12.1 Å². The molecule has 1 aliphatic rings. The third kappa shape index (κ3) is 4.61. The van der Waals surface area contributed by atoms with E-state index in [2.05, 4.69) is 4.98 Å². The van der Waals surface area contributed by atoms with Gasteiger partial charge in [0.2, 0.25) is 0 Å². The lowest BCUT2D eigenvalue weighted by Crippen LogP contribution is -2.38. The topological polar surface area (TPSA) is 99.6 Å². The van der Waals surface area contributed by atoms with E-state index >= 15 is 4.39 Å². The molecule has 1 aromatic carbocycles. The van der Waals surface area contributed by atoms with Crippen LogP contribution in [0.25, 0.3) is 0 Å². The number of carbonyl (C=O) groups is 2. The fourth-order valence-electron chi connectivity index (χ4n) is 3.09. The monoisotopic (exact) mass is 456 g/mol. The van der Waals surface area contributed by atoms with Crippen molar-refractivity contribution in [3.05, 3.63) is 62.2 Å². The van der Waals surface area contributed by atoms with Crippen LogP contribution in [0, 0.1) is 10.7 Å². The number of benzene rings is 1. The normalized spacial score (nSPS) is 25.7. The maximum Gasteiger partial charge on any atom is 0.338 e. The molecule has 2 aromatic rings. The second-order valence-electron chi connectivity index (χ2n) is 6.76. The Balaban J connectivity index is 1.85. The second-order valence-corrected chi connectivity index (χ2v) is 7.58. The van der Waals surface area contributed by atoms with Crippen molar-refractivity contribution in [2.45, 2.75) is 32.0 Å². The smallest absolute Gasteiger partial charge is 0.338 e. The van der Waals surface area contributed by atoms with E-state index in [1.807, 2.05) is 0 Å². The predicted molar refractivity (Wildman–Crippen MR) is 106 cm³/mol. The van der Waals surface area contributed by atoms with E-state index in [9.17, 15) is 14.4 Å². The van der Waals surface area contributed by atoms with Gasteiger partial charge in [-0.05, 0) is 30.4 Å². The SMILES string of the molecule is CC(=O)O[C@H]1[C@H](n2ccc(=O)[nH]c2=S)O[C@](F)(COC(=O)c2cccc(Cl)c2)[C@H]1C. The van der Waals surface area contributed by atoms with Gasteiger partial charge in [0.05, 0.1) is 11.5 Å². The third-order valence-electron chi connectivity index (χ3n) is 4.66. The summed E-state index contributed by atoms with van der Waals surface area (Å²) >= 11 is 11.0. The Morgan fingerprint density at radius 2 is 2.13 bits per heavy atom. The molecule has 30 heavy (non-hydrogen) atoms. The van der Waals surface area contributed by atoms with Crippen molar-refractivity contribution in [3.63, 3.8) is 0 Å². The molecule has 0 amide bonds. The molecule has 160 valence electrons. The molecule has 1 saturated heterocycles. The molecule has 0 bridgehead atoms. The molecule has 0 unspecified atom stereocenters. The zero-order valence-corrected chi connectivity index (χ0v) is 17.5. The third-order valence-corrected chi connectivity index (χ3v) is 5.21. The van der Waals surface area contributed by atoms with E-state index < -0.39 is 48.2 Å². The van der Waals surface area contributed by atoms with Gasteiger partial charge < -0.3 is 14.2 Å². The van der Waals surface area contributed by atoms with Gasteiger partial charge in [-0.15, -0.1) is 0 Å². The molecule has 0 aliphatic carbocycles. The largest absolute Gasteiger partial charge is 0.457 e. The molecule has 11 heteroatoms. The first-order valence-electron chi connectivity index (χ1n) is 8.89. The zero-order valence-electron chi connectivity index (χ0n) is 16.0. The number of carbonyl (C=O) groups excluding carboxylic acids is 2. The van der Waals surface area contributed by atoms with Gasteiger partial charge in [-0.1, -0.05) is 24.6 Å². The first-order valence-corrected chi connectivity index (χ1v) is 9.67. The Kier molecular flexibility index (Phi) is 6.39. The van der Waals surface area contributed by atoms with Gasteiger partial charge in [0.15, 0.2) is 23.7 Å². The number of ether oxygens (including phenoxy) is 3. The van der Waals surface area contributed by atoms with Gasteiger partial charge in [-0.25, -0.2) is 9.18 Å². The van der Waals surface area contributed by atoms with Crippen molar-refractivity contribution in [1.82, 2.24) is 9.55 Å². The van der Waals surface area contributed by atoms with Gasteiger partial charge in [0, 0.05) is 24.2 Å². The molecule has 4 atom stereocenters. The van der Waals surface area contributed by atoms with E-state index in [-0.39, 0.29) is 10.3 Å². The van der Waals surface area contributed by atoms with Gasteiger partial charge in [-0.3, -0.25) is 19.1 Å². The van der Waals surface area contributed by atoms with Crippen LogP contribution in [0.4, 0.5) is 4.39 Å². The van der Waals surface area contributed by atoms with Gasteiger partial charge in [-0.2, -0.15) is 0 Å². The highest BCUT2D eigenvalue weighted by Crippen LogP contribution is 2.44. The summed E-state index contributed by atoms with van der Waals surface area (Å²) in [6.07, 6.45) is -0.961. The molecule has 1 fully saturated rings. The molecule has 1 N–H and O–H groups in total. The zero-order chi connectivity index (χ0) is 22.1. The van der Waals surface area contributed by atoms with Crippen LogP contribution in [-0.2, 0) is 19.0 Å². The number of hydrogen-bond donors (Lipinski definition) is 1. The van der Waals surface area contributed by atoms with Crippen LogP contribution < -0.4 is 5.56 Å². The standard InChI is InChI=1S/C19H18ClFN2O6S/c1-10-15(28-11(2)24)16(23-7-6-14(25)22-18(23)30)29-19(10,21)9-27-17(26)12-4-3-5-13(20)8-12/h3-8,10,15-16H,9H2,1-2H3,(H,22,25,30)/t10-,15+,16+,19+/m0/s1. The van der Waals surface area contributed by atoms with Crippen LogP contribution in [0.3, 0.4) is 0 Å². The highest BCUT2D eigenvalue weighted by Gasteiger charge is 2.57. The molecular formula is C19H18ClFN2O6S. The van der Waals surface area contributed by atoms with Gasteiger partial charge >= 0.3 is 11.9 Å². The summed E-state index contributed by atoms with van der Waals surface area (Å²) in [6.45, 7) is 1.87. The van der Waals surface area contributed by atoms with Crippen molar-refractivity contribution < 1.29 is 28.2 Å². The van der Waals surface area contributed by atoms with Crippen molar-refractivity contribution in [1.29, 1.82) is 0 Å². The molecule has 0 saturated carbocycles. The molecule has 1 aliphatic heterocycles. The minimum Gasteiger partial charge on any atom is -0.457 e. The summed E-state index contributed by atoms with van der Waals surface area (Å²) < 4.78 is 32.8. The van der Waals surface area contributed by atoms with Crippen molar-refractivity contribution in [2.24, 2.45) is 5.92 Å². The fraction of sp³-hybridized carbons (Fsp3) is 0.368. The number of esters is 2. The maximum absolute atomic E-state index is 15.7. The summed E-state index contributed by atoms with van der Waals surface area (Å²) in [6, 6.07) is 7.18. The number of aromatic nitrogens is 2. The Morgan fingerprint density at radius 1 is 1.40 bits per heavy atom. The second kappa shape index (κ2) is 8.66. The molecule has 8 nitrogen and oxygen atoms in total. The predicted octanol–water partition coefficient (Wildman–Crippen LogP) is 3.18. The number of nitrogens with one attached hydrogen (secondary N) is 1. The summed E-state index contributed by atoms with van der Waals surface area (Å²) in [7, 11) is 0. The van der Waals surface area contributed by atoms with Crippen LogP contribution in [0.15, 0.2) is 41.3 Å². The summed E-state index contributed by atoms with van der Waals surface area (Å²) in [4.78, 5) is 37.7. The van der Waals surface area contributed by atoms with E-state index in [0.717, 1.165) is 0 Å². The van der Waals surface area contributed by atoms with Crippen LogP contribution in [0.5, 0.6) is 0 Å². The summed E-state index contributed by atoms with van der Waals surface area (Å²) in [5, 5.41) is 0.326. The summed E-state index contributed by atoms with van der Waals surface area (Å²) in [5.41, 5.74) is -0.305. The molecule has 1 aromatic heterocycles. The van der Waals surface area contributed by atoms with Crippen LogP contribution >= 0.6 is 23.8 Å². The number of aromatic amines is 1. The number of nitrogens with zero attached hydrogens (tertiary/aromatic N) is 1. The highest BCUT2D eigenvalue weighted by molar-refractivity contribution is 7.71. The highest BCUT2D eigenvalue weighted by atomic mass is 35.5. The first kappa shape index (κ1) is 22.1. The average Bonchev–Trinajstić information content (AvgIpc) is 2.91. The van der Waals surface area contributed by atoms with E-state index in [4.69, 9.17) is 38.0 Å². The lowest BCUT2D eigenvalue weighted by molar-refractivity contribution is -0.193. The summed E-state index contributed by atoms with van der Waals surface area (Å²) in [5.74, 6) is -4.95. The van der Waals surface area contributed by atoms with Crippen LogP contribution in [0.2, 0.25) is 5.02 Å². The van der Waals surface area contributed by atoms with E-state index in [1.165, 1.54) is 42.8 Å². The fourth-order valence-corrected chi connectivity index (χ4v) is 3.55. The average molecular weight is 457 g/mol. The molecule has 3 rings (SSSR count). The lowest BCUT2D eigenvalue weighted by atomic mass is 9.98. The minimum atomic E-state index is -2.48. The Labute approximate surface area is 180 Å².